The fraction of sp³-hybridized carbons (Fsp3) is 0.333. The number of nitrogens with zero attached hydrogens (tertiary/aromatic N) is 1. The summed E-state index contributed by atoms with van der Waals surface area (Å²) in [7, 11) is -1.25. The van der Waals surface area contributed by atoms with Crippen molar-refractivity contribution < 1.29 is 8.42 Å². The lowest BCUT2D eigenvalue weighted by Crippen LogP contribution is -2.29. The zero-order valence-electron chi connectivity index (χ0n) is 11.6. The third-order valence-electron chi connectivity index (χ3n) is 3.13. The molecule has 5 heteroatoms. The molecule has 1 heterocycles. The summed E-state index contributed by atoms with van der Waals surface area (Å²) in [6, 6.07) is 11.7. The lowest BCUT2D eigenvalue weighted by Gasteiger charge is -2.06. The highest BCUT2D eigenvalue weighted by Crippen LogP contribution is 2.02. The van der Waals surface area contributed by atoms with E-state index in [1.54, 1.807) is 0 Å². The number of rotatable bonds is 7. The van der Waals surface area contributed by atoms with Crippen LogP contribution in [-0.2, 0) is 29.9 Å². The summed E-state index contributed by atoms with van der Waals surface area (Å²) in [6.45, 7) is 0.446. The Kier molecular flexibility index (Phi) is 4.98. The van der Waals surface area contributed by atoms with Gasteiger partial charge in [0.2, 0.25) is 10.0 Å². The molecule has 1 aromatic carbocycles. The maximum atomic E-state index is 11.9. The van der Waals surface area contributed by atoms with Crippen molar-refractivity contribution in [2.75, 3.05) is 12.3 Å². The summed E-state index contributed by atoms with van der Waals surface area (Å²) in [5, 5.41) is 0. The van der Waals surface area contributed by atoms with E-state index in [0.29, 0.717) is 19.4 Å². The first-order valence-electron chi connectivity index (χ1n) is 6.67. The molecule has 0 atom stereocenters. The molecule has 0 bridgehead atoms. The van der Waals surface area contributed by atoms with Gasteiger partial charge in [-0.05, 0) is 30.0 Å². The molecule has 0 amide bonds. The first-order chi connectivity index (χ1) is 9.55. The van der Waals surface area contributed by atoms with Gasteiger partial charge in [0.1, 0.15) is 0 Å². The van der Waals surface area contributed by atoms with Crippen LogP contribution >= 0.6 is 0 Å². The molecule has 0 radical (unpaired) electrons. The molecule has 0 aliphatic rings. The number of hydrogen-bond acceptors (Lipinski definition) is 2. The van der Waals surface area contributed by atoms with Crippen LogP contribution in [0.5, 0.6) is 0 Å². The van der Waals surface area contributed by atoms with Crippen LogP contribution in [0.25, 0.3) is 0 Å². The van der Waals surface area contributed by atoms with Crippen LogP contribution in [-0.4, -0.2) is 25.3 Å². The number of nitrogens with one attached hydrogen (secondary N) is 1. The highest BCUT2D eigenvalue weighted by atomic mass is 32.2. The van der Waals surface area contributed by atoms with Gasteiger partial charge in [-0.1, -0.05) is 30.3 Å². The lowest BCUT2D eigenvalue weighted by atomic mass is 10.2. The van der Waals surface area contributed by atoms with Gasteiger partial charge in [0.05, 0.1) is 5.75 Å². The Morgan fingerprint density at radius 1 is 1.05 bits per heavy atom. The zero-order chi connectivity index (χ0) is 14.4. The standard InChI is InChI=1S/C15H20N2O2S/c1-17-11-8-15(13-17)7-10-16-20(18,19)12-9-14-5-3-2-4-6-14/h2-6,8,11,13,16H,7,9-10,12H2,1H3. The number of aryl methyl sites for hydroxylation is 2. The highest BCUT2D eigenvalue weighted by Gasteiger charge is 2.09. The van der Waals surface area contributed by atoms with Crippen LogP contribution in [0.3, 0.4) is 0 Å². The molecule has 0 unspecified atom stereocenters. The van der Waals surface area contributed by atoms with Crippen molar-refractivity contribution in [3.8, 4) is 0 Å². The molecule has 108 valence electrons. The molecule has 1 N–H and O–H groups in total. The molecule has 1 aromatic heterocycles. The predicted molar refractivity (Wildman–Crippen MR) is 81.1 cm³/mol. The summed E-state index contributed by atoms with van der Waals surface area (Å²) in [5.41, 5.74) is 2.18. The fourth-order valence-electron chi connectivity index (χ4n) is 2.03. The lowest BCUT2D eigenvalue weighted by molar-refractivity contribution is 0.581. The van der Waals surface area contributed by atoms with Crippen molar-refractivity contribution in [2.45, 2.75) is 12.8 Å². The van der Waals surface area contributed by atoms with Gasteiger partial charge < -0.3 is 4.57 Å². The maximum Gasteiger partial charge on any atom is 0.211 e. The van der Waals surface area contributed by atoms with E-state index in [2.05, 4.69) is 4.72 Å². The van der Waals surface area contributed by atoms with E-state index < -0.39 is 10.0 Å². The molecule has 0 saturated carbocycles. The fourth-order valence-corrected chi connectivity index (χ4v) is 3.09. The second-order valence-corrected chi connectivity index (χ2v) is 6.81. The molecule has 0 saturated heterocycles. The second-order valence-electron chi connectivity index (χ2n) is 4.88. The number of sulfonamides is 1. The van der Waals surface area contributed by atoms with Gasteiger partial charge in [-0.15, -0.1) is 0 Å². The van der Waals surface area contributed by atoms with Gasteiger partial charge >= 0.3 is 0 Å². The van der Waals surface area contributed by atoms with Crippen molar-refractivity contribution in [3.05, 3.63) is 59.9 Å². The van der Waals surface area contributed by atoms with Crippen molar-refractivity contribution in [1.82, 2.24) is 9.29 Å². The quantitative estimate of drug-likeness (QED) is 0.845. The molecule has 2 rings (SSSR count). The molecular weight excluding hydrogens is 272 g/mol. The maximum absolute atomic E-state index is 11.9. The monoisotopic (exact) mass is 292 g/mol. The summed E-state index contributed by atoms with van der Waals surface area (Å²) < 4.78 is 28.4. The van der Waals surface area contributed by atoms with Crippen LogP contribution in [0.2, 0.25) is 0 Å². The smallest absolute Gasteiger partial charge is 0.211 e. The third kappa shape index (κ3) is 4.83. The minimum atomic E-state index is -3.20. The average molecular weight is 292 g/mol. The number of aromatic nitrogens is 1. The summed E-state index contributed by atoms with van der Waals surface area (Å²) in [4.78, 5) is 0. The van der Waals surface area contributed by atoms with Gasteiger partial charge in [0.15, 0.2) is 0 Å². The Bertz CT molecular complexity index is 633. The summed E-state index contributed by atoms with van der Waals surface area (Å²) >= 11 is 0. The summed E-state index contributed by atoms with van der Waals surface area (Å²) in [5.74, 6) is 0.131. The Labute approximate surface area is 120 Å². The van der Waals surface area contributed by atoms with Gasteiger partial charge in [-0.25, -0.2) is 13.1 Å². The van der Waals surface area contributed by atoms with Crippen LogP contribution in [0.1, 0.15) is 11.1 Å². The van der Waals surface area contributed by atoms with Gasteiger partial charge in [-0.2, -0.15) is 0 Å². The van der Waals surface area contributed by atoms with Gasteiger partial charge in [0, 0.05) is 26.0 Å². The number of hydrogen-bond donors (Lipinski definition) is 1. The Morgan fingerprint density at radius 3 is 2.45 bits per heavy atom. The topological polar surface area (TPSA) is 51.1 Å². The Hall–Kier alpha value is -1.59. The highest BCUT2D eigenvalue weighted by molar-refractivity contribution is 7.89. The van der Waals surface area contributed by atoms with Gasteiger partial charge in [-0.3, -0.25) is 0 Å². The minimum Gasteiger partial charge on any atom is -0.357 e. The molecule has 0 spiro atoms. The normalized spacial score (nSPS) is 11.7. The van der Waals surface area contributed by atoms with E-state index in [1.807, 2.05) is 60.4 Å². The van der Waals surface area contributed by atoms with Crippen LogP contribution in [0.15, 0.2) is 48.8 Å². The minimum absolute atomic E-state index is 0.131. The molecule has 2 aromatic rings. The van der Waals surface area contributed by atoms with E-state index in [9.17, 15) is 8.42 Å². The first kappa shape index (κ1) is 14.8. The predicted octanol–water partition coefficient (Wildman–Crippen LogP) is 1.73. The van der Waals surface area contributed by atoms with E-state index in [-0.39, 0.29) is 5.75 Å². The van der Waals surface area contributed by atoms with Crippen LogP contribution < -0.4 is 4.72 Å². The van der Waals surface area contributed by atoms with Gasteiger partial charge in [0.25, 0.3) is 0 Å². The van der Waals surface area contributed by atoms with Crippen molar-refractivity contribution in [2.24, 2.45) is 7.05 Å². The third-order valence-corrected chi connectivity index (χ3v) is 4.52. The van der Waals surface area contributed by atoms with Crippen LogP contribution in [0, 0.1) is 0 Å². The SMILES string of the molecule is Cn1ccc(CCNS(=O)(=O)CCc2ccccc2)c1. The van der Waals surface area contributed by atoms with E-state index in [0.717, 1.165) is 11.1 Å². The van der Waals surface area contributed by atoms with Crippen molar-refractivity contribution >= 4 is 10.0 Å². The first-order valence-corrected chi connectivity index (χ1v) is 8.32. The number of benzene rings is 1. The van der Waals surface area contributed by atoms with Crippen LogP contribution in [0.4, 0.5) is 0 Å². The molecular formula is C15H20N2O2S. The second kappa shape index (κ2) is 6.72. The van der Waals surface area contributed by atoms with Crippen molar-refractivity contribution in [1.29, 1.82) is 0 Å². The largest absolute Gasteiger partial charge is 0.357 e. The Morgan fingerprint density at radius 2 is 1.80 bits per heavy atom. The molecule has 0 aliphatic carbocycles. The van der Waals surface area contributed by atoms with E-state index in [1.165, 1.54) is 0 Å². The Balaban J connectivity index is 1.76. The summed E-state index contributed by atoms with van der Waals surface area (Å²) in [6.07, 6.45) is 5.21. The average Bonchev–Trinajstić information content (AvgIpc) is 2.83. The van der Waals surface area contributed by atoms with Crippen molar-refractivity contribution in [3.63, 3.8) is 0 Å². The van der Waals surface area contributed by atoms with E-state index in [4.69, 9.17) is 0 Å². The molecule has 4 nitrogen and oxygen atoms in total. The molecule has 0 aliphatic heterocycles. The van der Waals surface area contributed by atoms with E-state index >= 15 is 0 Å². The molecule has 0 fully saturated rings. The zero-order valence-corrected chi connectivity index (χ0v) is 12.4. The molecule has 20 heavy (non-hydrogen) atoms.